The molecule has 1 fully saturated rings. The number of nitrogens with one attached hydrogen (secondary N) is 2. The van der Waals surface area contributed by atoms with Gasteiger partial charge in [-0.3, -0.25) is 9.59 Å². The van der Waals surface area contributed by atoms with Crippen molar-refractivity contribution < 1.29 is 23.8 Å². The molecule has 30 heavy (non-hydrogen) atoms. The van der Waals surface area contributed by atoms with Crippen molar-refractivity contribution in [2.75, 3.05) is 19.5 Å². The van der Waals surface area contributed by atoms with Crippen LogP contribution < -0.4 is 24.8 Å². The van der Waals surface area contributed by atoms with Crippen molar-refractivity contribution in [1.29, 1.82) is 0 Å². The Labute approximate surface area is 176 Å². The molecule has 0 saturated heterocycles. The van der Waals surface area contributed by atoms with Crippen LogP contribution in [0.1, 0.15) is 43.0 Å². The van der Waals surface area contributed by atoms with Crippen LogP contribution in [0.25, 0.3) is 0 Å². The smallest absolute Gasteiger partial charge is 0.251 e. The Morgan fingerprint density at radius 1 is 0.900 bits per heavy atom. The molecule has 1 aliphatic carbocycles. The molecule has 3 rings (SSSR count). The van der Waals surface area contributed by atoms with Gasteiger partial charge in [-0.15, -0.1) is 0 Å². The summed E-state index contributed by atoms with van der Waals surface area (Å²) in [5.74, 6) is 1.66. The predicted octanol–water partition coefficient (Wildman–Crippen LogP) is 3.78. The minimum Gasteiger partial charge on any atom is -0.493 e. The fourth-order valence-corrected chi connectivity index (χ4v) is 3.63. The summed E-state index contributed by atoms with van der Waals surface area (Å²) >= 11 is 0. The number of ether oxygens (including phenoxy) is 3. The maximum Gasteiger partial charge on any atom is 0.251 e. The van der Waals surface area contributed by atoms with Crippen molar-refractivity contribution >= 4 is 17.5 Å². The summed E-state index contributed by atoms with van der Waals surface area (Å²) in [6, 6.07) is 12.6. The number of hydrogen-bond donors (Lipinski definition) is 2. The Bertz CT molecular complexity index is 874. The lowest BCUT2D eigenvalue weighted by Crippen LogP contribution is -2.39. The SMILES string of the molecule is COc1cccc(OC2CCC(NC(=O)c3ccc(NC(C)=O)cc3)CC2)c1OC. The molecule has 1 aliphatic rings. The lowest BCUT2D eigenvalue weighted by atomic mass is 9.92. The van der Waals surface area contributed by atoms with Crippen LogP contribution in [0.4, 0.5) is 5.69 Å². The normalized spacial score (nSPS) is 18.2. The van der Waals surface area contributed by atoms with Gasteiger partial charge in [0.25, 0.3) is 5.91 Å². The largest absolute Gasteiger partial charge is 0.493 e. The minimum absolute atomic E-state index is 0.0658. The number of hydrogen-bond acceptors (Lipinski definition) is 5. The van der Waals surface area contributed by atoms with E-state index in [1.165, 1.54) is 6.92 Å². The molecule has 7 heteroatoms. The molecule has 0 unspecified atom stereocenters. The molecule has 0 radical (unpaired) electrons. The third-order valence-electron chi connectivity index (χ3n) is 5.14. The Morgan fingerprint density at radius 3 is 2.17 bits per heavy atom. The summed E-state index contributed by atoms with van der Waals surface area (Å²) < 4.78 is 16.9. The average molecular weight is 412 g/mol. The molecule has 2 aromatic carbocycles. The van der Waals surface area contributed by atoms with Crippen molar-refractivity contribution in [2.45, 2.75) is 44.8 Å². The van der Waals surface area contributed by atoms with Crippen LogP contribution in [0.5, 0.6) is 17.2 Å². The summed E-state index contributed by atoms with van der Waals surface area (Å²) in [4.78, 5) is 23.6. The lowest BCUT2D eigenvalue weighted by Gasteiger charge is -2.30. The molecule has 7 nitrogen and oxygen atoms in total. The molecular formula is C23H28N2O5. The van der Waals surface area contributed by atoms with Crippen LogP contribution >= 0.6 is 0 Å². The maximum atomic E-state index is 12.5. The quantitative estimate of drug-likeness (QED) is 0.723. The monoisotopic (exact) mass is 412 g/mol. The van der Waals surface area contributed by atoms with Crippen LogP contribution in [0.3, 0.4) is 0 Å². The van der Waals surface area contributed by atoms with E-state index in [1.807, 2.05) is 18.2 Å². The van der Waals surface area contributed by atoms with Crippen LogP contribution in [-0.2, 0) is 4.79 Å². The Morgan fingerprint density at radius 2 is 1.57 bits per heavy atom. The Hall–Kier alpha value is -3.22. The van der Waals surface area contributed by atoms with E-state index in [0.29, 0.717) is 28.5 Å². The summed E-state index contributed by atoms with van der Waals surface area (Å²) in [5, 5.41) is 5.79. The first-order valence-corrected chi connectivity index (χ1v) is 10.1. The number of para-hydroxylation sites is 1. The first-order valence-electron chi connectivity index (χ1n) is 10.1. The van der Waals surface area contributed by atoms with Gasteiger partial charge in [0.05, 0.1) is 20.3 Å². The molecular weight excluding hydrogens is 384 g/mol. The fraction of sp³-hybridized carbons (Fsp3) is 0.391. The molecule has 2 amide bonds. The highest BCUT2D eigenvalue weighted by Gasteiger charge is 2.25. The van der Waals surface area contributed by atoms with Gasteiger partial charge in [-0.25, -0.2) is 0 Å². The highest BCUT2D eigenvalue weighted by atomic mass is 16.5. The van der Waals surface area contributed by atoms with Crippen molar-refractivity contribution in [2.24, 2.45) is 0 Å². The summed E-state index contributed by atoms with van der Waals surface area (Å²) in [7, 11) is 3.20. The van der Waals surface area contributed by atoms with Gasteiger partial charge in [0.1, 0.15) is 0 Å². The second-order valence-electron chi connectivity index (χ2n) is 7.32. The minimum atomic E-state index is -0.141. The molecule has 0 heterocycles. The van der Waals surface area contributed by atoms with E-state index >= 15 is 0 Å². The topological polar surface area (TPSA) is 85.9 Å². The van der Waals surface area contributed by atoms with Crippen molar-refractivity contribution in [3.63, 3.8) is 0 Å². The fourth-order valence-electron chi connectivity index (χ4n) is 3.63. The molecule has 0 bridgehead atoms. The second-order valence-corrected chi connectivity index (χ2v) is 7.32. The standard InChI is InChI=1S/C23H28N2O5/c1-15(26)24-17-9-7-16(8-10-17)23(27)25-18-11-13-19(14-12-18)30-21-6-4-5-20(28-2)22(21)29-3/h4-10,18-19H,11-14H2,1-3H3,(H,24,26)(H,25,27). The molecule has 1 saturated carbocycles. The number of anilines is 1. The first-order chi connectivity index (χ1) is 14.5. The average Bonchev–Trinajstić information content (AvgIpc) is 2.75. The van der Waals surface area contributed by atoms with E-state index in [2.05, 4.69) is 10.6 Å². The van der Waals surface area contributed by atoms with Crippen molar-refractivity contribution in [3.8, 4) is 17.2 Å². The zero-order valence-electron chi connectivity index (χ0n) is 17.6. The van der Waals surface area contributed by atoms with Gasteiger partial charge in [0.2, 0.25) is 11.7 Å². The number of carbonyl (C=O) groups is 2. The van der Waals surface area contributed by atoms with Crippen LogP contribution in [-0.4, -0.2) is 38.2 Å². The van der Waals surface area contributed by atoms with E-state index in [-0.39, 0.29) is 24.0 Å². The third kappa shape index (κ3) is 5.43. The summed E-state index contributed by atoms with van der Waals surface area (Å²) in [6.07, 6.45) is 3.43. The van der Waals surface area contributed by atoms with Crippen molar-refractivity contribution in [3.05, 3.63) is 48.0 Å². The molecule has 2 aromatic rings. The Balaban J connectivity index is 1.51. The molecule has 0 spiro atoms. The number of benzene rings is 2. The van der Waals surface area contributed by atoms with Crippen molar-refractivity contribution in [1.82, 2.24) is 5.32 Å². The van der Waals surface area contributed by atoms with E-state index in [9.17, 15) is 9.59 Å². The van der Waals surface area contributed by atoms with Gasteiger partial charge < -0.3 is 24.8 Å². The first kappa shape index (κ1) is 21.5. The molecule has 0 aromatic heterocycles. The highest BCUT2D eigenvalue weighted by Crippen LogP contribution is 2.38. The second kappa shape index (κ2) is 10.0. The predicted molar refractivity (Wildman–Crippen MR) is 114 cm³/mol. The number of carbonyl (C=O) groups excluding carboxylic acids is 2. The summed E-state index contributed by atoms with van der Waals surface area (Å²) in [5.41, 5.74) is 1.24. The van der Waals surface area contributed by atoms with Gasteiger partial charge in [-0.05, 0) is 62.1 Å². The summed E-state index contributed by atoms with van der Waals surface area (Å²) in [6.45, 7) is 1.45. The molecule has 2 N–H and O–H groups in total. The maximum absolute atomic E-state index is 12.5. The van der Waals surface area contributed by atoms with E-state index in [0.717, 1.165) is 25.7 Å². The number of amides is 2. The van der Waals surface area contributed by atoms with Gasteiger partial charge in [0, 0.05) is 24.2 Å². The zero-order chi connectivity index (χ0) is 21.5. The van der Waals surface area contributed by atoms with E-state index in [1.54, 1.807) is 38.5 Å². The highest BCUT2D eigenvalue weighted by molar-refractivity contribution is 5.95. The van der Waals surface area contributed by atoms with Crippen LogP contribution in [0, 0.1) is 0 Å². The van der Waals surface area contributed by atoms with Crippen LogP contribution in [0.15, 0.2) is 42.5 Å². The molecule has 0 aliphatic heterocycles. The Kier molecular flexibility index (Phi) is 7.17. The van der Waals surface area contributed by atoms with Gasteiger partial charge in [-0.2, -0.15) is 0 Å². The molecule has 160 valence electrons. The van der Waals surface area contributed by atoms with Crippen LogP contribution in [0.2, 0.25) is 0 Å². The van der Waals surface area contributed by atoms with E-state index < -0.39 is 0 Å². The van der Waals surface area contributed by atoms with Gasteiger partial charge in [0.15, 0.2) is 11.5 Å². The van der Waals surface area contributed by atoms with Gasteiger partial charge >= 0.3 is 0 Å². The zero-order valence-corrected chi connectivity index (χ0v) is 17.6. The van der Waals surface area contributed by atoms with E-state index in [4.69, 9.17) is 14.2 Å². The molecule has 0 atom stereocenters. The third-order valence-corrected chi connectivity index (χ3v) is 5.14. The van der Waals surface area contributed by atoms with Gasteiger partial charge in [-0.1, -0.05) is 6.07 Å². The number of methoxy groups -OCH3 is 2. The lowest BCUT2D eigenvalue weighted by molar-refractivity contribution is -0.114. The number of rotatable bonds is 7.